The fourth-order valence-corrected chi connectivity index (χ4v) is 2.12. The molecule has 0 aliphatic carbocycles. The van der Waals surface area contributed by atoms with Crippen LogP contribution < -0.4 is 10.6 Å². The van der Waals surface area contributed by atoms with Gasteiger partial charge in [0.05, 0.1) is 0 Å². The second-order valence-electron chi connectivity index (χ2n) is 5.26. The minimum atomic E-state index is -0.392. The molecule has 0 spiro atoms. The molecule has 5 nitrogen and oxygen atoms in total. The van der Waals surface area contributed by atoms with Crippen molar-refractivity contribution < 1.29 is 14.0 Å². The molecule has 6 heteroatoms. The van der Waals surface area contributed by atoms with Crippen molar-refractivity contribution in [2.24, 2.45) is 0 Å². The van der Waals surface area contributed by atoms with E-state index in [1.54, 1.807) is 30.3 Å². The Labute approximate surface area is 140 Å². The molecule has 126 valence electrons. The molecule has 0 atom stereocenters. The van der Waals surface area contributed by atoms with Gasteiger partial charge < -0.3 is 10.6 Å². The van der Waals surface area contributed by atoms with Gasteiger partial charge in [-0.2, -0.15) is 0 Å². The maximum atomic E-state index is 13.5. The number of aromatic nitrogens is 1. The van der Waals surface area contributed by atoms with Crippen LogP contribution in [0.15, 0.2) is 42.5 Å². The van der Waals surface area contributed by atoms with Crippen molar-refractivity contribution in [1.29, 1.82) is 0 Å². The molecule has 0 saturated carbocycles. The van der Waals surface area contributed by atoms with Crippen molar-refractivity contribution in [2.45, 2.75) is 19.8 Å². The van der Waals surface area contributed by atoms with Crippen LogP contribution in [0.25, 0.3) is 0 Å². The van der Waals surface area contributed by atoms with Gasteiger partial charge in [0.2, 0.25) is 0 Å². The predicted octanol–water partition coefficient (Wildman–Crippen LogP) is 2.33. The highest BCUT2D eigenvalue weighted by Crippen LogP contribution is 2.06. The number of hydrogen-bond acceptors (Lipinski definition) is 3. The summed E-state index contributed by atoms with van der Waals surface area (Å²) < 4.78 is 13.5. The molecule has 0 fully saturated rings. The van der Waals surface area contributed by atoms with Crippen molar-refractivity contribution >= 4 is 11.8 Å². The molecule has 1 heterocycles. The number of nitrogens with one attached hydrogen (secondary N) is 2. The summed E-state index contributed by atoms with van der Waals surface area (Å²) in [6, 6.07) is 11.1. The number of benzene rings is 1. The molecule has 0 aliphatic rings. The van der Waals surface area contributed by atoms with E-state index in [9.17, 15) is 14.0 Å². The van der Waals surface area contributed by atoms with Crippen LogP contribution in [0.4, 0.5) is 4.39 Å². The standard InChI is InChI=1S/C18H20FN3O2/c1-2-11-20-17(23)15-8-5-9-16(22-15)18(24)21-12-10-13-6-3-4-7-14(13)19/h3-9H,2,10-12H2,1H3,(H,20,23)(H,21,24). The highest BCUT2D eigenvalue weighted by Gasteiger charge is 2.12. The lowest BCUT2D eigenvalue weighted by Crippen LogP contribution is -2.29. The summed E-state index contributed by atoms with van der Waals surface area (Å²) in [6.07, 6.45) is 1.21. The monoisotopic (exact) mass is 329 g/mol. The van der Waals surface area contributed by atoms with Crippen LogP contribution in [0.1, 0.15) is 39.9 Å². The van der Waals surface area contributed by atoms with Gasteiger partial charge in [-0.3, -0.25) is 9.59 Å². The van der Waals surface area contributed by atoms with Crippen LogP contribution >= 0.6 is 0 Å². The van der Waals surface area contributed by atoms with Gasteiger partial charge in [0.1, 0.15) is 17.2 Å². The second-order valence-corrected chi connectivity index (χ2v) is 5.26. The summed E-state index contributed by atoms with van der Waals surface area (Å²) in [5.41, 5.74) is 0.899. The molecule has 0 saturated heterocycles. The average Bonchev–Trinajstić information content (AvgIpc) is 2.61. The van der Waals surface area contributed by atoms with Crippen molar-refractivity contribution in [3.63, 3.8) is 0 Å². The van der Waals surface area contributed by atoms with E-state index >= 15 is 0 Å². The van der Waals surface area contributed by atoms with Gasteiger partial charge in [0.25, 0.3) is 11.8 Å². The predicted molar refractivity (Wildman–Crippen MR) is 89.3 cm³/mol. The first kappa shape index (κ1) is 17.6. The molecule has 1 aromatic carbocycles. The Hall–Kier alpha value is -2.76. The van der Waals surface area contributed by atoms with Gasteiger partial charge in [-0.15, -0.1) is 0 Å². The van der Waals surface area contributed by atoms with Crippen LogP contribution in [0.3, 0.4) is 0 Å². The van der Waals surface area contributed by atoms with Gasteiger partial charge in [-0.05, 0) is 36.6 Å². The number of pyridine rings is 1. The van der Waals surface area contributed by atoms with Gasteiger partial charge in [-0.1, -0.05) is 31.2 Å². The highest BCUT2D eigenvalue weighted by molar-refractivity contribution is 5.96. The first-order valence-corrected chi connectivity index (χ1v) is 7.88. The summed E-state index contributed by atoms with van der Waals surface area (Å²) in [6.45, 7) is 2.79. The van der Waals surface area contributed by atoms with Crippen molar-refractivity contribution in [3.8, 4) is 0 Å². The molecule has 0 aliphatic heterocycles. The summed E-state index contributed by atoms with van der Waals surface area (Å²) in [5.74, 6) is -0.992. The third kappa shape index (κ3) is 4.87. The van der Waals surface area contributed by atoms with Crippen molar-refractivity contribution in [3.05, 3.63) is 65.2 Å². The third-order valence-electron chi connectivity index (χ3n) is 3.39. The number of amides is 2. The Morgan fingerprint density at radius 1 is 0.958 bits per heavy atom. The smallest absolute Gasteiger partial charge is 0.269 e. The Kier molecular flexibility index (Phi) is 6.42. The molecular formula is C18H20FN3O2. The molecule has 24 heavy (non-hydrogen) atoms. The number of carbonyl (C=O) groups excluding carboxylic acids is 2. The lowest BCUT2D eigenvalue weighted by atomic mass is 10.1. The van der Waals surface area contributed by atoms with E-state index in [2.05, 4.69) is 15.6 Å². The molecule has 0 radical (unpaired) electrons. The Bertz CT molecular complexity index is 719. The van der Waals surface area contributed by atoms with E-state index in [-0.39, 0.29) is 29.7 Å². The van der Waals surface area contributed by atoms with Crippen LogP contribution in [-0.4, -0.2) is 29.9 Å². The second kappa shape index (κ2) is 8.76. The molecule has 0 bridgehead atoms. The molecular weight excluding hydrogens is 309 g/mol. The lowest BCUT2D eigenvalue weighted by molar-refractivity contribution is 0.0944. The maximum Gasteiger partial charge on any atom is 0.269 e. The lowest BCUT2D eigenvalue weighted by Gasteiger charge is -2.07. The third-order valence-corrected chi connectivity index (χ3v) is 3.39. The quantitative estimate of drug-likeness (QED) is 0.819. The topological polar surface area (TPSA) is 71.1 Å². The van der Waals surface area contributed by atoms with E-state index in [1.807, 2.05) is 6.92 Å². The molecule has 1 aromatic heterocycles. The number of rotatable bonds is 7. The number of hydrogen-bond donors (Lipinski definition) is 2. The van der Waals surface area contributed by atoms with Crippen LogP contribution in [0, 0.1) is 5.82 Å². The Balaban J connectivity index is 1.92. The largest absolute Gasteiger partial charge is 0.351 e. The summed E-state index contributed by atoms with van der Waals surface area (Å²) in [7, 11) is 0. The van der Waals surface area contributed by atoms with E-state index in [0.717, 1.165) is 6.42 Å². The summed E-state index contributed by atoms with van der Waals surface area (Å²) >= 11 is 0. The Morgan fingerprint density at radius 3 is 2.21 bits per heavy atom. The number of carbonyl (C=O) groups is 2. The van der Waals surface area contributed by atoms with Crippen LogP contribution in [-0.2, 0) is 6.42 Å². The summed E-state index contributed by atoms with van der Waals surface area (Å²) in [5, 5.41) is 5.40. The molecule has 2 N–H and O–H groups in total. The normalized spacial score (nSPS) is 10.2. The van der Waals surface area contributed by atoms with Crippen LogP contribution in [0.5, 0.6) is 0 Å². The first-order valence-electron chi connectivity index (χ1n) is 7.88. The van der Waals surface area contributed by atoms with Gasteiger partial charge in [0, 0.05) is 13.1 Å². The minimum absolute atomic E-state index is 0.160. The van der Waals surface area contributed by atoms with Crippen LogP contribution in [0.2, 0.25) is 0 Å². The van der Waals surface area contributed by atoms with E-state index in [1.165, 1.54) is 12.1 Å². The van der Waals surface area contributed by atoms with Gasteiger partial charge in [0.15, 0.2) is 0 Å². The fraction of sp³-hybridized carbons (Fsp3) is 0.278. The average molecular weight is 329 g/mol. The zero-order valence-electron chi connectivity index (χ0n) is 13.5. The maximum absolute atomic E-state index is 13.5. The van der Waals surface area contributed by atoms with Crippen molar-refractivity contribution in [1.82, 2.24) is 15.6 Å². The number of halogens is 1. The minimum Gasteiger partial charge on any atom is -0.351 e. The SMILES string of the molecule is CCCNC(=O)c1cccc(C(=O)NCCc2ccccc2F)n1. The zero-order chi connectivity index (χ0) is 17.4. The number of nitrogens with zero attached hydrogens (tertiary/aromatic N) is 1. The van der Waals surface area contributed by atoms with E-state index in [0.29, 0.717) is 18.5 Å². The van der Waals surface area contributed by atoms with Gasteiger partial charge >= 0.3 is 0 Å². The highest BCUT2D eigenvalue weighted by atomic mass is 19.1. The molecule has 2 rings (SSSR count). The molecule has 2 amide bonds. The van der Waals surface area contributed by atoms with E-state index in [4.69, 9.17) is 0 Å². The first-order chi connectivity index (χ1) is 11.6. The van der Waals surface area contributed by atoms with Gasteiger partial charge in [-0.25, -0.2) is 9.37 Å². The zero-order valence-corrected chi connectivity index (χ0v) is 13.5. The Morgan fingerprint density at radius 2 is 1.58 bits per heavy atom. The van der Waals surface area contributed by atoms with E-state index < -0.39 is 5.91 Å². The molecule has 2 aromatic rings. The fourth-order valence-electron chi connectivity index (χ4n) is 2.12. The summed E-state index contributed by atoms with van der Waals surface area (Å²) in [4.78, 5) is 28.0. The van der Waals surface area contributed by atoms with Crippen molar-refractivity contribution in [2.75, 3.05) is 13.1 Å². The molecule has 0 unspecified atom stereocenters.